The summed E-state index contributed by atoms with van der Waals surface area (Å²) in [6.45, 7) is 1.88. The third-order valence-electron chi connectivity index (χ3n) is 2.55. The lowest BCUT2D eigenvalue weighted by atomic mass is 10.0. The van der Waals surface area contributed by atoms with Gasteiger partial charge < -0.3 is 5.73 Å². The van der Waals surface area contributed by atoms with E-state index in [1.165, 1.54) is 0 Å². The number of nitrogens with two attached hydrogens (primary N) is 1. The van der Waals surface area contributed by atoms with E-state index >= 15 is 0 Å². The number of rotatable bonds is 0. The van der Waals surface area contributed by atoms with Crippen molar-refractivity contribution >= 4 is 23.1 Å². The summed E-state index contributed by atoms with van der Waals surface area (Å²) in [5, 5.41) is 0.667. The summed E-state index contributed by atoms with van der Waals surface area (Å²) in [6, 6.07) is 1.74. The van der Waals surface area contributed by atoms with Crippen molar-refractivity contribution in [2.24, 2.45) is 0 Å². The van der Waals surface area contributed by atoms with E-state index in [9.17, 15) is 4.79 Å². The molecule has 1 aliphatic rings. The van der Waals surface area contributed by atoms with Gasteiger partial charge in [-0.2, -0.15) is 0 Å². The largest absolute Gasteiger partial charge is 0.398 e. The van der Waals surface area contributed by atoms with Crippen LogP contribution in [0.25, 0.3) is 0 Å². The smallest absolute Gasteiger partial charge is 0.163 e. The minimum Gasteiger partial charge on any atom is -0.398 e. The number of carbonyl (C=O) groups is 1. The number of nitrogen functional groups attached to an aromatic ring is 1. The molecule has 68 valence electrons. The average molecular weight is 196 g/mol. The highest BCUT2D eigenvalue weighted by Gasteiger charge is 2.23. The lowest BCUT2D eigenvalue weighted by Crippen LogP contribution is -1.98. The Morgan fingerprint density at radius 1 is 1.46 bits per heavy atom. The number of hydrogen-bond donors (Lipinski definition) is 1. The summed E-state index contributed by atoms with van der Waals surface area (Å²) in [5.74, 6) is 0.156. The van der Waals surface area contributed by atoms with Gasteiger partial charge in [0.15, 0.2) is 5.78 Å². The molecule has 3 heteroatoms. The maximum Gasteiger partial charge on any atom is 0.163 e. The molecule has 0 amide bonds. The molecule has 13 heavy (non-hydrogen) atoms. The van der Waals surface area contributed by atoms with Gasteiger partial charge in [0, 0.05) is 22.7 Å². The Balaban J connectivity index is 2.74. The van der Waals surface area contributed by atoms with E-state index < -0.39 is 0 Å². The minimum atomic E-state index is 0.156. The number of Topliss-reactive ketones (excluding diaryl/α,β-unsaturated/α-hetero) is 1. The molecule has 0 aromatic heterocycles. The van der Waals surface area contributed by atoms with E-state index in [0.717, 1.165) is 17.5 Å². The molecule has 0 unspecified atom stereocenters. The van der Waals surface area contributed by atoms with Crippen molar-refractivity contribution < 1.29 is 4.79 Å². The summed E-state index contributed by atoms with van der Waals surface area (Å²) in [4.78, 5) is 11.4. The van der Waals surface area contributed by atoms with Crippen LogP contribution in [0.5, 0.6) is 0 Å². The van der Waals surface area contributed by atoms with E-state index in [1.807, 2.05) is 6.92 Å². The van der Waals surface area contributed by atoms with Crippen LogP contribution in [0.1, 0.15) is 27.9 Å². The fourth-order valence-corrected chi connectivity index (χ4v) is 1.99. The first kappa shape index (κ1) is 8.57. The molecular formula is C10H10ClNO. The van der Waals surface area contributed by atoms with Crippen LogP contribution in [0.4, 0.5) is 5.69 Å². The standard InChI is InChI=1S/C10H10ClNO/c1-5-8(12)4-7-6(10(5)11)2-3-9(7)13/h4H,2-3,12H2,1H3. The molecule has 2 rings (SSSR count). The second kappa shape index (κ2) is 2.74. The first-order valence-corrected chi connectivity index (χ1v) is 4.59. The summed E-state index contributed by atoms with van der Waals surface area (Å²) < 4.78 is 0. The molecule has 2 nitrogen and oxygen atoms in total. The van der Waals surface area contributed by atoms with Crippen LogP contribution >= 0.6 is 11.6 Å². The zero-order valence-corrected chi connectivity index (χ0v) is 8.11. The van der Waals surface area contributed by atoms with Gasteiger partial charge in [0.05, 0.1) is 0 Å². The molecule has 0 saturated carbocycles. The van der Waals surface area contributed by atoms with Crippen LogP contribution in [0.3, 0.4) is 0 Å². The second-order valence-corrected chi connectivity index (χ2v) is 3.73. The van der Waals surface area contributed by atoms with Crippen molar-refractivity contribution in [2.45, 2.75) is 19.8 Å². The molecule has 2 N–H and O–H groups in total. The van der Waals surface area contributed by atoms with E-state index in [0.29, 0.717) is 22.7 Å². The van der Waals surface area contributed by atoms with E-state index in [2.05, 4.69) is 0 Å². The molecule has 0 fully saturated rings. The summed E-state index contributed by atoms with van der Waals surface area (Å²) >= 11 is 6.08. The molecule has 0 bridgehead atoms. The summed E-state index contributed by atoms with van der Waals surface area (Å²) in [7, 11) is 0. The molecule has 1 aliphatic carbocycles. The number of ketones is 1. The van der Waals surface area contributed by atoms with Crippen LogP contribution in [-0.4, -0.2) is 5.78 Å². The fraction of sp³-hybridized carbons (Fsp3) is 0.300. The molecule has 0 radical (unpaired) electrons. The number of benzene rings is 1. The SMILES string of the molecule is Cc1c(N)cc2c(c1Cl)CCC2=O. The Labute approximate surface area is 81.7 Å². The highest BCUT2D eigenvalue weighted by Crippen LogP contribution is 2.34. The average Bonchev–Trinajstić information content (AvgIpc) is 2.45. The van der Waals surface area contributed by atoms with Crippen LogP contribution in [0.2, 0.25) is 5.02 Å². The van der Waals surface area contributed by atoms with Gasteiger partial charge in [-0.1, -0.05) is 11.6 Å². The number of fused-ring (bicyclic) bond motifs is 1. The number of halogens is 1. The molecule has 0 spiro atoms. The quantitative estimate of drug-likeness (QED) is 0.646. The monoisotopic (exact) mass is 195 g/mol. The number of hydrogen-bond acceptors (Lipinski definition) is 2. The van der Waals surface area contributed by atoms with Gasteiger partial charge in [-0.3, -0.25) is 4.79 Å². The van der Waals surface area contributed by atoms with Crippen LogP contribution in [0, 0.1) is 6.92 Å². The normalized spacial score (nSPS) is 14.8. The highest BCUT2D eigenvalue weighted by atomic mass is 35.5. The van der Waals surface area contributed by atoms with Crippen molar-refractivity contribution in [3.8, 4) is 0 Å². The Hall–Kier alpha value is -1.02. The maximum atomic E-state index is 11.4. The lowest BCUT2D eigenvalue weighted by molar-refractivity contribution is 0.0994. The topological polar surface area (TPSA) is 43.1 Å². The van der Waals surface area contributed by atoms with Crippen LogP contribution < -0.4 is 5.73 Å². The van der Waals surface area contributed by atoms with E-state index in [-0.39, 0.29) is 5.78 Å². The van der Waals surface area contributed by atoms with Crippen LogP contribution in [-0.2, 0) is 6.42 Å². The molecule has 1 aromatic rings. The Kier molecular flexibility index (Phi) is 1.81. The van der Waals surface area contributed by atoms with E-state index in [4.69, 9.17) is 17.3 Å². The second-order valence-electron chi connectivity index (χ2n) is 3.35. The molecule has 1 aromatic carbocycles. The van der Waals surface area contributed by atoms with Gasteiger partial charge >= 0.3 is 0 Å². The van der Waals surface area contributed by atoms with Crippen molar-refractivity contribution in [1.82, 2.24) is 0 Å². The van der Waals surface area contributed by atoms with Crippen molar-refractivity contribution in [2.75, 3.05) is 5.73 Å². The Morgan fingerprint density at radius 3 is 2.85 bits per heavy atom. The minimum absolute atomic E-state index is 0.156. The first-order chi connectivity index (χ1) is 6.11. The Bertz CT molecular complexity index is 398. The van der Waals surface area contributed by atoms with Gasteiger partial charge in [0.2, 0.25) is 0 Å². The molecule has 0 atom stereocenters. The maximum absolute atomic E-state index is 11.4. The molecular weight excluding hydrogens is 186 g/mol. The van der Waals surface area contributed by atoms with Crippen molar-refractivity contribution in [3.05, 3.63) is 27.8 Å². The van der Waals surface area contributed by atoms with Crippen molar-refractivity contribution in [3.63, 3.8) is 0 Å². The van der Waals surface area contributed by atoms with Gasteiger partial charge in [0.1, 0.15) is 0 Å². The van der Waals surface area contributed by atoms with Gasteiger partial charge in [-0.05, 0) is 30.5 Å². The molecule has 0 heterocycles. The Morgan fingerprint density at radius 2 is 2.15 bits per heavy atom. The van der Waals surface area contributed by atoms with Gasteiger partial charge in [-0.25, -0.2) is 0 Å². The third kappa shape index (κ3) is 1.13. The van der Waals surface area contributed by atoms with Crippen LogP contribution in [0.15, 0.2) is 6.07 Å². The fourth-order valence-electron chi connectivity index (χ4n) is 1.69. The highest BCUT2D eigenvalue weighted by molar-refractivity contribution is 6.33. The summed E-state index contributed by atoms with van der Waals surface area (Å²) in [5.41, 5.74) is 8.90. The first-order valence-electron chi connectivity index (χ1n) is 4.22. The lowest BCUT2D eigenvalue weighted by Gasteiger charge is -2.07. The van der Waals surface area contributed by atoms with Gasteiger partial charge in [0.25, 0.3) is 0 Å². The predicted molar refractivity (Wildman–Crippen MR) is 53.3 cm³/mol. The molecule has 0 saturated heterocycles. The van der Waals surface area contributed by atoms with Gasteiger partial charge in [-0.15, -0.1) is 0 Å². The molecule has 0 aliphatic heterocycles. The zero-order chi connectivity index (χ0) is 9.59. The van der Waals surface area contributed by atoms with Crippen molar-refractivity contribution in [1.29, 1.82) is 0 Å². The third-order valence-corrected chi connectivity index (χ3v) is 3.07. The predicted octanol–water partition coefficient (Wildman–Crippen LogP) is 2.36. The zero-order valence-electron chi connectivity index (χ0n) is 7.36. The number of carbonyl (C=O) groups excluding carboxylic acids is 1. The number of anilines is 1. The van der Waals surface area contributed by atoms with E-state index in [1.54, 1.807) is 6.07 Å². The summed E-state index contributed by atoms with van der Waals surface area (Å²) in [6.07, 6.45) is 1.33.